The van der Waals surface area contributed by atoms with E-state index in [0.717, 1.165) is 22.4 Å². The normalized spacial score (nSPS) is 11.4. The second-order valence-corrected chi connectivity index (χ2v) is 5.87. The lowest BCUT2D eigenvalue weighted by Crippen LogP contribution is -2.44. The van der Waals surface area contributed by atoms with Crippen LogP contribution in [0.5, 0.6) is 11.6 Å². The largest absolute Gasteiger partial charge is 0.453 e. The maximum absolute atomic E-state index is 12.1. The Bertz CT molecular complexity index is 772. The van der Waals surface area contributed by atoms with Crippen LogP contribution in [0.3, 0.4) is 0 Å². The molecule has 0 radical (unpaired) electrons. The molecule has 0 spiro atoms. The van der Waals surface area contributed by atoms with Crippen LogP contribution < -0.4 is 15.4 Å². The number of rotatable bonds is 6. The van der Waals surface area contributed by atoms with E-state index in [-0.39, 0.29) is 12.5 Å². The van der Waals surface area contributed by atoms with Gasteiger partial charge < -0.3 is 20.1 Å². The number of ether oxygens (including phenoxy) is 2. The molecule has 1 atom stereocenters. The second kappa shape index (κ2) is 8.84. The van der Waals surface area contributed by atoms with Gasteiger partial charge in [0.25, 0.3) is 0 Å². The van der Waals surface area contributed by atoms with Gasteiger partial charge in [-0.25, -0.2) is 9.78 Å². The lowest BCUT2D eigenvalue weighted by atomic mass is 10.1. The number of aryl methyl sites for hydroxylation is 2. The van der Waals surface area contributed by atoms with Crippen LogP contribution in [0, 0.1) is 13.8 Å². The Hall–Kier alpha value is -3.09. The van der Waals surface area contributed by atoms with Crippen molar-refractivity contribution in [2.45, 2.75) is 33.4 Å². The van der Waals surface area contributed by atoms with Gasteiger partial charge in [-0.3, -0.25) is 4.79 Å². The Labute approximate surface area is 152 Å². The Morgan fingerprint density at radius 3 is 2.50 bits per heavy atom. The predicted molar refractivity (Wildman–Crippen MR) is 97.1 cm³/mol. The van der Waals surface area contributed by atoms with E-state index in [4.69, 9.17) is 4.74 Å². The number of carbonyl (C=O) groups excluding carboxylic acids is 2. The maximum atomic E-state index is 12.1. The van der Waals surface area contributed by atoms with Crippen LogP contribution in [0.4, 0.5) is 4.79 Å². The van der Waals surface area contributed by atoms with Crippen molar-refractivity contribution in [3.05, 3.63) is 53.2 Å². The van der Waals surface area contributed by atoms with Gasteiger partial charge in [0.05, 0.1) is 7.11 Å². The fourth-order valence-electron chi connectivity index (χ4n) is 2.34. The number of carbonyl (C=O) groups is 2. The molecule has 26 heavy (non-hydrogen) atoms. The highest BCUT2D eigenvalue weighted by Crippen LogP contribution is 2.29. The van der Waals surface area contributed by atoms with Crippen LogP contribution in [-0.2, 0) is 16.1 Å². The Kier molecular flexibility index (Phi) is 6.54. The number of hydrogen-bond donors (Lipinski definition) is 2. The van der Waals surface area contributed by atoms with Gasteiger partial charge in [0.1, 0.15) is 11.8 Å². The van der Waals surface area contributed by atoms with Crippen LogP contribution >= 0.6 is 0 Å². The number of aromatic nitrogens is 1. The Morgan fingerprint density at radius 1 is 1.15 bits per heavy atom. The van der Waals surface area contributed by atoms with Crippen LogP contribution in [-0.4, -0.2) is 30.1 Å². The van der Waals surface area contributed by atoms with Crippen molar-refractivity contribution < 1.29 is 19.1 Å². The van der Waals surface area contributed by atoms with Crippen LogP contribution in [0.15, 0.2) is 36.5 Å². The van der Waals surface area contributed by atoms with E-state index in [1.54, 1.807) is 19.2 Å². The molecule has 2 rings (SSSR count). The first-order chi connectivity index (χ1) is 12.4. The van der Waals surface area contributed by atoms with E-state index >= 15 is 0 Å². The molecule has 0 saturated carbocycles. The zero-order chi connectivity index (χ0) is 19.1. The summed E-state index contributed by atoms with van der Waals surface area (Å²) < 4.78 is 10.5. The van der Waals surface area contributed by atoms with Crippen LogP contribution in [0.1, 0.15) is 23.6 Å². The van der Waals surface area contributed by atoms with Gasteiger partial charge in [-0.1, -0.05) is 24.3 Å². The minimum absolute atomic E-state index is 0.222. The molecule has 0 bridgehead atoms. The molecular formula is C19H23N3O4. The fourth-order valence-corrected chi connectivity index (χ4v) is 2.34. The van der Waals surface area contributed by atoms with Crippen molar-refractivity contribution in [3.8, 4) is 11.6 Å². The molecule has 0 fully saturated rings. The first-order valence-electron chi connectivity index (χ1n) is 8.22. The summed E-state index contributed by atoms with van der Waals surface area (Å²) in [6.07, 6.45) is 0.975. The number of nitrogens with one attached hydrogen (secondary N) is 2. The smallest absolute Gasteiger partial charge is 0.407 e. The first kappa shape index (κ1) is 19.2. The van der Waals surface area contributed by atoms with Gasteiger partial charge in [-0.2, -0.15) is 0 Å². The molecule has 7 nitrogen and oxygen atoms in total. The van der Waals surface area contributed by atoms with Crippen molar-refractivity contribution in [1.82, 2.24) is 15.6 Å². The molecule has 2 N–H and O–H groups in total. The van der Waals surface area contributed by atoms with Gasteiger partial charge >= 0.3 is 6.09 Å². The molecule has 0 aliphatic heterocycles. The lowest BCUT2D eigenvalue weighted by molar-refractivity contribution is -0.122. The number of nitrogens with zero attached hydrogens (tertiary/aromatic N) is 1. The van der Waals surface area contributed by atoms with E-state index in [0.29, 0.717) is 5.88 Å². The molecule has 0 aliphatic rings. The first-order valence-corrected chi connectivity index (χ1v) is 8.22. The quantitative estimate of drug-likeness (QED) is 0.830. The standard InChI is InChI=1S/C19H23N3O4/c1-12-7-5-8-13(2)16(12)26-18-15(9-6-10-20-18)11-21-17(23)14(3)22-19(24)25-4/h5-10,14H,11H2,1-4H3,(H,21,23)(H,22,24). The van der Waals surface area contributed by atoms with Crippen molar-refractivity contribution in [3.63, 3.8) is 0 Å². The third kappa shape index (κ3) is 4.95. The summed E-state index contributed by atoms with van der Waals surface area (Å²) in [5, 5.41) is 5.17. The van der Waals surface area contributed by atoms with E-state index in [1.165, 1.54) is 7.11 Å². The summed E-state index contributed by atoms with van der Waals surface area (Å²) in [4.78, 5) is 27.6. The third-order valence-corrected chi connectivity index (χ3v) is 3.82. The van der Waals surface area contributed by atoms with Crippen LogP contribution in [0.2, 0.25) is 0 Å². The summed E-state index contributed by atoms with van der Waals surface area (Å²) in [7, 11) is 1.24. The van der Waals surface area contributed by atoms with Crippen molar-refractivity contribution in [2.24, 2.45) is 0 Å². The molecule has 7 heteroatoms. The lowest BCUT2D eigenvalue weighted by Gasteiger charge is -2.16. The maximum Gasteiger partial charge on any atom is 0.407 e. The molecule has 0 saturated heterocycles. The molecule has 1 heterocycles. The number of hydrogen-bond acceptors (Lipinski definition) is 5. The SMILES string of the molecule is COC(=O)NC(C)C(=O)NCc1cccnc1Oc1c(C)cccc1C. The molecule has 1 unspecified atom stereocenters. The average Bonchev–Trinajstić information content (AvgIpc) is 2.63. The van der Waals surface area contributed by atoms with Crippen molar-refractivity contribution in [1.29, 1.82) is 0 Å². The van der Waals surface area contributed by atoms with E-state index in [2.05, 4.69) is 20.4 Å². The molecule has 2 amide bonds. The Balaban J connectivity index is 2.07. The average molecular weight is 357 g/mol. The van der Waals surface area contributed by atoms with Gasteiger partial charge in [0.2, 0.25) is 11.8 Å². The van der Waals surface area contributed by atoms with Crippen molar-refractivity contribution >= 4 is 12.0 Å². The predicted octanol–water partition coefficient (Wildman–Crippen LogP) is 2.85. The van der Waals surface area contributed by atoms with Gasteiger partial charge in [0, 0.05) is 18.3 Å². The zero-order valence-corrected chi connectivity index (χ0v) is 15.3. The van der Waals surface area contributed by atoms with E-state index in [9.17, 15) is 9.59 Å². The Morgan fingerprint density at radius 2 is 1.85 bits per heavy atom. The summed E-state index contributed by atoms with van der Waals surface area (Å²) >= 11 is 0. The number of benzene rings is 1. The number of alkyl carbamates (subject to hydrolysis) is 1. The number of amides is 2. The minimum Gasteiger partial charge on any atom is -0.453 e. The molecular weight excluding hydrogens is 334 g/mol. The molecule has 0 aliphatic carbocycles. The third-order valence-electron chi connectivity index (χ3n) is 3.82. The number of para-hydroxylation sites is 1. The van der Waals surface area contributed by atoms with Crippen molar-refractivity contribution in [2.75, 3.05) is 7.11 Å². The van der Waals surface area contributed by atoms with Gasteiger partial charge in [-0.05, 0) is 38.0 Å². The van der Waals surface area contributed by atoms with E-state index < -0.39 is 12.1 Å². The molecule has 138 valence electrons. The fraction of sp³-hybridized carbons (Fsp3) is 0.316. The van der Waals surface area contributed by atoms with Gasteiger partial charge in [0.15, 0.2) is 0 Å². The molecule has 1 aromatic carbocycles. The highest BCUT2D eigenvalue weighted by Gasteiger charge is 2.16. The summed E-state index contributed by atoms with van der Waals surface area (Å²) in [5.74, 6) is 0.843. The highest BCUT2D eigenvalue weighted by molar-refractivity contribution is 5.85. The zero-order valence-electron chi connectivity index (χ0n) is 15.3. The summed E-state index contributed by atoms with van der Waals surface area (Å²) in [5.41, 5.74) is 2.73. The van der Waals surface area contributed by atoms with Crippen LogP contribution in [0.25, 0.3) is 0 Å². The minimum atomic E-state index is -0.720. The monoisotopic (exact) mass is 357 g/mol. The molecule has 2 aromatic rings. The van der Waals surface area contributed by atoms with Gasteiger partial charge in [-0.15, -0.1) is 0 Å². The second-order valence-electron chi connectivity index (χ2n) is 5.87. The topological polar surface area (TPSA) is 89.5 Å². The number of pyridine rings is 1. The van der Waals surface area contributed by atoms with E-state index in [1.807, 2.05) is 38.1 Å². The summed E-state index contributed by atoms with van der Waals surface area (Å²) in [6, 6.07) is 8.78. The molecule has 1 aromatic heterocycles. The summed E-state index contributed by atoms with van der Waals surface area (Å²) in [6.45, 7) is 5.73. The highest BCUT2D eigenvalue weighted by atomic mass is 16.5. The number of methoxy groups -OCH3 is 1.